The van der Waals surface area contributed by atoms with Crippen LogP contribution < -0.4 is 5.56 Å². The average Bonchev–Trinajstić information content (AvgIpc) is 2.99. The number of hydrogen-bond donors (Lipinski definition) is 1. The summed E-state index contributed by atoms with van der Waals surface area (Å²) in [5, 5.41) is 0. The standard InChI is InChI=1S/C21H31N3O4/c1-20(2,3)19-22-17-14(18(27)23-19)9-11-21(17)10-6-12-24(13-21)15(25)7-5-8-16(26)28-4/h5-13H2,1-4H3,(H,22,23,27). The predicted octanol–water partition coefficient (Wildman–Crippen LogP) is 2.22. The monoisotopic (exact) mass is 389 g/mol. The lowest BCUT2D eigenvalue weighted by molar-refractivity contribution is -0.141. The molecule has 1 aliphatic carbocycles. The molecule has 1 saturated heterocycles. The molecule has 2 aliphatic rings. The van der Waals surface area contributed by atoms with E-state index in [1.54, 1.807) is 0 Å². The highest BCUT2D eigenvalue weighted by atomic mass is 16.5. The van der Waals surface area contributed by atoms with Gasteiger partial charge in [0.2, 0.25) is 5.91 Å². The minimum Gasteiger partial charge on any atom is -0.469 e. The van der Waals surface area contributed by atoms with Crippen molar-refractivity contribution in [3.8, 4) is 0 Å². The third-order valence-electron chi connectivity index (χ3n) is 6.01. The molecule has 28 heavy (non-hydrogen) atoms. The van der Waals surface area contributed by atoms with Crippen molar-refractivity contribution < 1.29 is 14.3 Å². The summed E-state index contributed by atoms with van der Waals surface area (Å²) in [6, 6.07) is 0. The van der Waals surface area contributed by atoms with Crippen LogP contribution >= 0.6 is 0 Å². The number of fused-ring (bicyclic) bond motifs is 2. The number of hydrogen-bond acceptors (Lipinski definition) is 5. The lowest BCUT2D eigenvalue weighted by Crippen LogP contribution is -2.48. The first-order valence-electron chi connectivity index (χ1n) is 10.1. The first-order valence-corrected chi connectivity index (χ1v) is 10.1. The quantitative estimate of drug-likeness (QED) is 0.797. The van der Waals surface area contributed by atoms with Crippen molar-refractivity contribution in [3.63, 3.8) is 0 Å². The Morgan fingerprint density at radius 2 is 2.00 bits per heavy atom. The topological polar surface area (TPSA) is 92.4 Å². The number of esters is 1. The molecule has 2 heterocycles. The smallest absolute Gasteiger partial charge is 0.305 e. The van der Waals surface area contributed by atoms with Gasteiger partial charge in [0.15, 0.2) is 0 Å². The van der Waals surface area contributed by atoms with Crippen molar-refractivity contribution in [2.24, 2.45) is 0 Å². The molecule has 0 radical (unpaired) electrons. The van der Waals surface area contributed by atoms with Gasteiger partial charge < -0.3 is 14.6 Å². The Morgan fingerprint density at radius 3 is 2.68 bits per heavy atom. The third-order valence-corrected chi connectivity index (χ3v) is 6.01. The zero-order valence-electron chi connectivity index (χ0n) is 17.4. The molecule has 1 spiro atoms. The number of aromatic nitrogens is 2. The fourth-order valence-electron chi connectivity index (χ4n) is 4.39. The van der Waals surface area contributed by atoms with Gasteiger partial charge in [-0.15, -0.1) is 0 Å². The zero-order chi connectivity index (χ0) is 20.5. The summed E-state index contributed by atoms with van der Waals surface area (Å²) in [4.78, 5) is 46.4. The average molecular weight is 389 g/mol. The number of carbonyl (C=O) groups excluding carboxylic acids is 2. The summed E-state index contributed by atoms with van der Waals surface area (Å²) < 4.78 is 4.64. The van der Waals surface area contributed by atoms with E-state index in [1.165, 1.54) is 7.11 Å². The first-order chi connectivity index (χ1) is 13.2. The van der Waals surface area contributed by atoms with E-state index < -0.39 is 0 Å². The molecule has 1 aromatic heterocycles. The second-order valence-corrected chi connectivity index (χ2v) is 9.12. The molecule has 7 nitrogen and oxygen atoms in total. The Labute approximate surface area is 165 Å². The predicted molar refractivity (Wildman–Crippen MR) is 105 cm³/mol. The van der Waals surface area contributed by atoms with Gasteiger partial charge in [-0.3, -0.25) is 14.4 Å². The van der Waals surface area contributed by atoms with E-state index in [4.69, 9.17) is 4.98 Å². The van der Waals surface area contributed by atoms with Crippen LogP contribution in [0, 0.1) is 0 Å². The molecule has 1 aliphatic heterocycles. The van der Waals surface area contributed by atoms with Gasteiger partial charge in [-0.1, -0.05) is 20.8 Å². The summed E-state index contributed by atoms with van der Waals surface area (Å²) >= 11 is 0. The van der Waals surface area contributed by atoms with E-state index in [0.717, 1.165) is 37.1 Å². The van der Waals surface area contributed by atoms with Crippen LogP contribution in [-0.2, 0) is 31.6 Å². The Kier molecular flexibility index (Phi) is 5.64. The molecule has 7 heteroatoms. The van der Waals surface area contributed by atoms with E-state index >= 15 is 0 Å². The maximum Gasteiger partial charge on any atom is 0.305 e. The van der Waals surface area contributed by atoms with Crippen molar-refractivity contribution in [2.75, 3.05) is 20.2 Å². The molecule has 1 atom stereocenters. The highest BCUT2D eigenvalue weighted by molar-refractivity contribution is 5.77. The number of likely N-dealkylation sites (tertiary alicyclic amines) is 1. The van der Waals surface area contributed by atoms with Gasteiger partial charge in [0, 0.05) is 42.3 Å². The zero-order valence-corrected chi connectivity index (χ0v) is 17.4. The van der Waals surface area contributed by atoms with E-state index in [-0.39, 0.29) is 34.7 Å². The van der Waals surface area contributed by atoms with Gasteiger partial charge in [0.25, 0.3) is 5.56 Å². The molecule has 0 bridgehead atoms. The SMILES string of the molecule is COC(=O)CCCC(=O)N1CCCC2(CCc3c2nc(C(C)(C)C)[nH]c3=O)C1. The number of nitrogens with one attached hydrogen (secondary N) is 1. The number of aromatic amines is 1. The van der Waals surface area contributed by atoms with Gasteiger partial charge in [0.05, 0.1) is 12.8 Å². The number of piperidine rings is 1. The minimum atomic E-state index is -0.286. The second kappa shape index (κ2) is 7.68. The van der Waals surface area contributed by atoms with E-state index in [1.807, 2.05) is 25.7 Å². The Bertz CT molecular complexity index is 824. The van der Waals surface area contributed by atoms with E-state index in [0.29, 0.717) is 31.6 Å². The molecule has 0 saturated carbocycles. The van der Waals surface area contributed by atoms with Crippen LogP contribution in [0.15, 0.2) is 4.79 Å². The van der Waals surface area contributed by atoms with Crippen molar-refractivity contribution in [2.45, 2.75) is 76.5 Å². The van der Waals surface area contributed by atoms with Crippen molar-refractivity contribution >= 4 is 11.9 Å². The van der Waals surface area contributed by atoms with Gasteiger partial charge in [-0.05, 0) is 32.1 Å². The molecular formula is C21H31N3O4. The Balaban J connectivity index is 1.79. The van der Waals surface area contributed by atoms with Crippen LogP contribution in [0.2, 0.25) is 0 Å². The number of amides is 1. The molecule has 1 fully saturated rings. The van der Waals surface area contributed by atoms with Crippen LogP contribution in [0.4, 0.5) is 0 Å². The summed E-state index contributed by atoms with van der Waals surface area (Å²) in [6.07, 6.45) is 4.53. The number of nitrogens with zero attached hydrogens (tertiary/aromatic N) is 2. The van der Waals surface area contributed by atoms with Gasteiger partial charge in [0.1, 0.15) is 5.82 Å². The molecule has 1 amide bonds. The molecule has 1 unspecified atom stereocenters. The number of rotatable bonds is 4. The molecule has 3 rings (SSSR count). The van der Waals surface area contributed by atoms with Crippen LogP contribution in [0.3, 0.4) is 0 Å². The van der Waals surface area contributed by atoms with Gasteiger partial charge in [-0.25, -0.2) is 4.98 Å². The highest BCUT2D eigenvalue weighted by Gasteiger charge is 2.45. The third kappa shape index (κ3) is 3.98. The first kappa shape index (κ1) is 20.6. The summed E-state index contributed by atoms with van der Waals surface area (Å²) in [6.45, 7) is 7.45. The van der Waals surface area contributed by atoms with Crippen molar-refractivity contribution in [1.82, 2.24) is 14.9 Å². The van der Waals surface area contributed by atoms with Crippen LogP contribution in [-0.4, -0.2) is 46.9 Å². The number of ether oxygens (including phenoxy) is 1. The summed E-state index contributed by atoms with van der Waals surface area (Å²) in [7, 11) is 1.36. The highest BCUT2D eigenvalue weighted by Crippen LogP contribution is 2.43. The summed E-state index contributed by atoms with van der Waals surface area (Å²) in [5.41, 5.74) is 1.19. The van der Waals surface area contributed by atoms with E-state index in [2.05, 4.69) is 9.72 Å². The number of carbonyl (C=O) groups is 2. The van der Waals surface area contributed by atoms with Crippen LogP contribution in [0.25, 0.3) is 0 Å². The maximum atomic E-state index is 12.7. The van der Waals surface area contributed by atoms with Crippen LogP contribution in [0.5, 0.6) is 0 Å². The fourth-order valence-corrected chi connectivity index (χ4v) is 4.39. The van der Waals surface area contributed by atoms with Crippen molar-refractivity contribution in [1.29, 1.82) is 0 Å². The number of methoxy groups -OCH3 is 1. The molecular weight excluding hydrogens is 358 g/mol. The van der Waals surface area contributed by atoms with Gasteiger partial charge >= 0.3 is 5.97 Å². The Hall–Kier alpha value is -2.18. The maximum absolute atomic E-state index is 12.7. The second-order valence-electron chi connectivity index (χ2n) is 9.12. The number of H-pyrrole nitrogens is 1. The minimum absolute atomic E-state index is 0.0340. The van der Waals surface area contributed by atoms with Crippen molar-refractivity contribution in [3.05, 3.63) is 27.4 Å². The normalized spacial score (nSPS) is 21.6. The fraction of sp³-hybridized carbons (Fsp3) is 0.714. The van der Waals surface area contributed by atoms with Crippen LogP contribution in [0.1, 0.15) is 76.4 Å². The lowest BCUT2D eigenvalue weighted by Gasteiger charge is -2.40. The molecule has 0 aromatic carbocycles. The molecule has 1 aromatic rings. The largest absolute Gasteiger partial charge is 0.469 e. The summed E-state index contributed by atoms with van der Waals surface area (Å²) in [5.74, 6) is 0.488. The molecule has 154 valence electrons. The van der Waals surface area contributed by atoms with Gasteiger partial charge in [-0.2, -0.15) is 0 Å². The van der Waals surface area contributed by atoms with E-state index in [9.17, 15) is 14.4 Å². The Morgan fingerprint density at radius 1 is 1.25 bits per heavy atom. The lowest BCUT2D eigenvalue weighted by atomic mass is 9.77. The molecule has 1 N–H and O–H groups in total.